The van der Waals surface area contributed by atoms with E-state index in [4.69, 9.17) is 4.74 Å². The number of hydrogen-bond donors (Lipinski definition) is 0. The Morgan fingerprint density at radius 1 is 1.05 bits per heavy atom. The molecule has 3 aromatic rings. The number of nitrogens with zero attached hydrogens (tertiary/aromatic N) is 2. The molecule has 108 valence electrons. The average Bonchev–Trinajstić information content (AvgIpc) is 3.04. The van der Waals surface area contributed by atoms with Gasteiger partial charge in [-0.2, -0.15) is 0 Å². The van der Waals surface area contributed by atoms with Crippen molar-refractivity contribution in [3.05, 3.63) is 47.9 Å². The van der Waals surface area contributed by atoms with Crippen molar-refractivity contribution in [2.24, 2.45) is 0 Å². The summed E-state index contributed by atoms with van der Waals surface area (Å²) in [5, 5.41) is 0. The molecule has 0 fully saturated rings. The second-order valence-corrected chi connectivity index (χ2v) is 5.09. The fraction of sp³-hybridized carbons (Fsp3) is 0.176. The van der Waals surface area contributed by atoms with Crippen LogP contribution >= 0.6 is 11.3 Å². The number of rotatable bonds is 3. The molecule has 3 rings (SSSR count). The molecular weight excluding hydrogens is 280 g/mol. The van der Waals surface area contributed by atoms with Crippen molar-refractivity contribution in [2.45, 2.75) is 13.8 Å². The molecule has 0 unspecified atom stereocenters. The lowest BCUT2D eigenvalue weighted by Gasteiger charge is -2.06. The summed E-state index contributed by atoms with van der Waals surface area (Å²) >= 11 is 1.62. The maximum absolute atomic E-state index is 5.36. The summed E-state index contributed by atoms with van der Waals surface area (Å²) in [4.78, 5) is 11.3. The minimum Gasteiger partial charge on any atom is -0.479 e. The molecule has 0 saturated heterocycles. The topological polar surface area (TPSA) is 35.0 Å². The van der Waals surface area contributed by atoms with Gasteiger partial charge in [0.25, 0.3) is 0 Å². The van der Waals surface area contributed by atoms with Crippen LogP contribution in [0.5, 0.6) is 5.88 Å². The SMILES string of the molecule is C=Cc1ccc(-c2nc3ccccc3nc2OC)s1.CC. The van der Waals surface area contributed by atoms with E-state index in [2.05, 4.69) is 16.5 Å². The Morgan fingerprint density at radius 3 is 2.29 bits per heavy atom. The minimum atomic E-state index is 0.552. The standard InChI is InChI=1S/C15H12N2OS.C2H6/c1-3-10-8-9-13(19-10)14-15(18-2)17-12-7-5-4-6-11(12)16-14;1-2/h3-9H,1H2,2H3;1-2H3. The monoisotopic (exact) mass is 298 g/mol. The molecule has 0 atom stereocenters. The third-order valence-corrected chi connectivity index (χ3v) is 3.88. The lowest BCUT2D eigenvalue weighted by molar-refractivity contribution is 0.400. The normalized spacial score (nSPS) is 9.86. The van der Waals surface area contributed by atoms with Crippen LogP contribution in [0.15, 0.2) is 43.0 Å². The van der Waals surface area contributed by atoms with Crippen LogP contribution in [0.2, 0.25) is 0 Å². The van der Waals surface area contributed by atoms with Crippen LogP contribution in [0, 0.1) is 0 Å². The highest BCUT2D eigenvalue weighted by Crippen LogP contribution is 2.33. The van der Waals surface area contributed by atoms with Crippen LogP contribution in [0.3, 0.4) is 0 Å². The van der Waals surface area contributed by atoms with Gasteiger partial charge in [0.2, 0.25) is 5.88 Å². The fourth-order valence-electron chi connectivity index (χ4n) is 1.88. The van der Waals surface area contributed by atoms with Crippen LogP contribution < -0.4 is 4.74 Å². The summed E-state index contributed by atoms with van der Waals surface area (Å²) in [5.74, 6) is 0.552. The zero-order chi connectivity index (χ0) is 15.2. The first kappa shape index (κ1) is 15.2. The first-order chi connectivity index (χ1) is 10.3. The molecule has 0 radical (unpaired) electrons. The van der Waals surface area contributed by atoms with Gasteiger partial charge in [0, 0.05) is 4.88 Å². The summed E-state index contributed by atoms with van der Waals surface area (Å²) in [6.07, 6.45) is 1.83. The lowest BCUT2D eigenvalue weighted by Crippen LogP contribution is -1.95. The highest BCUT2D eigenvalue weighted by atomic mass is 32.1. The predicted octanol–water partition coefficient (Wildman–Crippen LogP) is 5.04. The predicted molar refractivity (Wildman–Crippen MR) is 90.8 cm³/mol. The van der Waals surface area contributed by atoms with Gasteiger partial charge >= 0.3 is 0 Å². The van der Waals surface area contributed by atoms with E-state index in [0.717, 1.165) is 26.5 Å². The van der Waals surface area contributed by atoms with Crippen LogP contribution in [0.25, 0.3) is 27.7 Å². The van der Waals surface area contributed by atoms with Crippen LogP contribution in [-0.2, 0) is 0 Å². The molecule has 0 aliphatic rings. The molecule has 4 heteroatoms. The molecule has 0 amide bonds. The van der Waals surface area contributed by atoms with Crippen molar-refractivity contribution in [3.63, 3.8) is 0 Å². The third-order valence-electron chi connectivity index (χ3n) is 2.79. The van der Waals surface area contributed by atoms with E-state index in [-0.39, 0.29) is 0 Å². The van der Waals surface area contributed by atoms with Gasteiger partial charge in [-0.1, -0.05) is 38.6 Å². The minimum absolute atomic E-state index is 0.552. The second-order valence-electron chi connectivity index (χ2n) is 3.98. The number of benzene rings is 1. The number of fused-ring (bicyclic) bond motifs is 1. The molecule has 0 aliphatic carbocycles. The second kappa shape index (κ2) is 6.99. The Labute approximate surface area is 129 Å². The maximum atomic E-state index is 5.36. The van der Waals surface area contributed by atoms with E-state index in [1.54, 1.807) is 18.4 Å². The van der Waals surface area contributed by atoms with Crippen molar-refractivity contribution in [1.82, 2.24) is 9.97 Å². The van der Waals surface area contributed by atoms with Gasteiger partial charge in [-0.15, -0.1) is 11.3 Å². The molecule has 0 aliphatic heterocycles. The van der Waals surface area contributed by atoms with Crippen molar-refractivity contribution < 1.29 is 4.74 Å². The van der Waals surface area contributed by atoms with E-state index in [9.17, 15) is 0 Å². The van der Waals surface area contributed by atoms with Gasteiger partial charge < -0.3 is 4.74 Å². The van der Waals surface area contributed by atoms with Crippen LogP contribution in [0.4, 0.5) is 0 Å². The van der Waals surface area contributed by atoms with Gasteiger partial charge in [-0.05, 0) is 24.3 Å². The van der Waals surface area contributed by atoms with E-state index in [1.165, 1.54) is 0 Å². The van der Waals surface area contributed by atoms with Crippen molar-refractivity contribution >= 4 is 28.4 Å². The Bertz CT molecular complexity index is 749. The lowest BCUT2D eigenvalue weighted by atomic mass is 10.2. The molecule has 3 nitrogen and oxygen atoms in total. The number of para-hydroxylation sites is 2. The molecule has 0 N–H and O–H groups in total. The number of aromatic nitrogens is 2. The van der Waals surface area contributed by atoms with Crippen LogP contribution in [0.1, 0.15) is 18.7 Å². The fourth-order valence-corrected chi connectivity index (χ4v) is 2.72. The molecular formula is C17H18N2OS. The van der Waals surface area contributed by atoms with E-state index in [0.29, 0.717) is 5.88 Å². The molecule has 0 spiro atoms. The van der Waals surface area contributed by atoms with Gasteiger partial charge in [0.05, 0.1) is 23.0 Å². The Hall–Kier alpha value is -2.20. The van der Waals surface area contributed by atoms with E-state index < -0.39 is 0 Å². The van der Waals surface area contributed by atoms with Crippen LogP contribution in [-0.4, -0.2) is 17.1 Å². The Kier molecular flexibility index (Phi) is 5.06. The quantitative estimate of drug-likeness (QED) is 0.679. The molecule has 21 heavy (non-hydrogen) atoms. The van der Waals surface area contributed by atoms with Gasteiger partial charge in [0.15, 0.2) is 0 Å². The van der Waals surface area contributed by atoms with Gasteiger partial charge in [0.1, 0.15) is 5.69 Å². The smallest absolute Gasteiger partial charge is 0.241 e. The average molecular weight is 298 g/mol. The van der Waals surface area contributed by atoms with E-state index in [1.807, 2.05) is 56.3 Å². The van der Waals surface area contributed by atoms with Gasteiger partial charge in [-0.25, -0.2) is 9.97 Å². The largest absolute Gasteiger partial charge is 0.479 e. The maximum Gasteiger partial charge on any atom is 0.241 e. The highest BCUT2D eigenvalue weighted by molar-refractivity contribution is 7.16. The molecule has 2 heterocycles. The molecule has 2 aromatic heterocycles. The van der Waals surface area contributed by atoms with Gasteiger partial charge in [-0.3, -0.25) is 0 Å². The number of methoxy groups -OCH3 is 1. The number of ether oxygens (including phenoxy) is 1. The zero-order valence-corrected chi connectivity index (χ0v) is 13.3. The summed E-state index contributed by atoms with van der Waals surface area (Å²) < 4.78 is 5.36. The van der Waals surface area contributed by atoms with Crippen molar-refractivity contribution in [2.75, 3.05) is 7.11 Å². The Balaban J connectivity index is 0.000000774. The summed E-state index contributed by atoms with van der Waals surface area (Å²) in [6.45, 7) is 7.77. The molecule has 1 aromatic carbocycles. The summed E-state index contributed by atoms with van der Waals surface area (Å²) in [5.41, 5.74) is 2.48. The van der Waals surface area contributed by atoms with E-state index >= 15 is 0 Å². The summed E-state index contributed by atoms with van der Waals surface area (Å²) in [6, 6.07) is 11.8. The number of hydrogen-bond acceptors (Lipinski definition) is 4. The zero-order valence-electron chi connectivity index (χ0n) is 12.5. The Morgan fingerprint density at radius 2 is 1.71 bits per heavy atom. The van der Waals surface area contributed by atoms with Crippen molar-refractivity contribution in [1.29, 1.82) is 0 Å². The third kappa shape index (κ3) is 3.11. The highest BCUT2D eigenvalue weighted by Gasteiger charge is 2.13. The summed E-state index contributed by atoms with van der Waals surface area (Å²) in [7, 11) is 1.62. The number of thiophene rings is 1. The first-order valence-corrected chi connectivity index (χ1v) is 7.67. The molecule has 0 saturated carbocycles. The first-order valence-electron chi connectivity index (χ1n) is 6.85. The van der Waals surface area contributed by atoms with Crippen molar-refractivity contribution in [3.8, 4) is 16.5 Å². The molecule has 0 bridgehead atoms.